The molecule has 0 aromatic rings. The van der Waals surface area contributed by atoms with Crippen LogP contribution in [0.5, 0.6) is 0 Å². The Morgan fingerprint density at radius 1 is 0.722 bits per heavy atom. The molecule has 0 bridgehead atoms. The predicted molar refractivity (Wildman–Crippen MR) is 70.1 cm³/mol. The normalized spacial score (nSPS) is 11.8. The minimum atomic E-state index is -0.393. The van der Waals surface area contributed by atoms with Gasteiger partial charge in [0.15, 0.2) is 0 Å². The highest BCUT2D eigenvalue weighted by Gasteiger charge is 2.21. The number of esters is 2. The van der Waals surface area contributed by atoms with Crippen LogP contribution in [-0.4, -0.2) is 25.2 Å². The molecule has 0 rings (SSSR count). The SMILES string of the molecule is CCCC(C(=O)OCC)=C(CCC)C(=O)OCC. The first-order valence-electron chi connectivity index (χ1n) is 6.68. The summed E-state index contributed by atoms with van der Waals surface area (Å²) in [6.45, 7) is 8.07. The number of hydrogen-bond acceptors (Lipinski definition) is 4. The first-order chi connectivity index (χ1) is 8.62. The maximum absolute atomic E-state index is 11.9. The molecular weight excluding hydrogens is 232 g/mol. The van der Waals surface area contributed by atoms with Crippen LogP contribution in [0.3, 0.4) is 0 Å². The van der Waals surface area contributed by atoms with E-state index in [1.54, 1.807) is 13.8 Å². The molecule has 4 heteroatoms. The number of rotatable bonds is 8. The van der Waals surface area contributed by atoms with Gasteiger partial charge in [0.1, 0.15) is 0 Å². The standard InChI is InChI=1S/C14H24O4/c1-5-9-11(13(15)17-7-3)12(10-6-2)14(16)18-8-4/h5-10H2,1-4H3. The van der Waals surface area contributed by atoms with Gasteiger partial charge in [-0.15, -0.1) is 0 Å². The van der Waals surface area contributed by atoms with Gasteiger partial charge in [0, 0.05) is 11.1 Å². The van der Waals surface area contributed by atoms with Crippen molar-refractivity contribution < 1.29 is 19.1 Å². The summed E-state index contributed by atoms with van der Waals surface area (Å²) in [6.07, 6.45) is 2.68. The summed E-state index contributed by atoms with van der Waals surface area (Å²) in [5, 5.41) is 0. The third kappa shape index (κ3) is 5.34. The van der Waals surface area contributed by atoms with Crippen LogP contribution in [0.1, 0.15) is 53.4 Å². The fraction of sp³-hybridized carbons (Fsp3) is 0.714. The van der Waals surface area contributed by atoms with E-state index in [1.165, 1.54) is 0 Å². The smallest absolute Gasteiger partial charge is 0.334 e. The molecule has 0 amide bonds. The van der Waals surface area contributed by atoms with E-state index < -0.39 is 11.9 Å². The van der Waals surface area contributed by atoms with Gasteiger partial charge in [-0.05, 0) is 26.7 Å². The van der Waals surface area contributed by atoms with Crippen molar-refractivity contribution in [1.82, 2.24) is 0 Å². The molecule has 4 nitrogen and oxygen atoms in total. The van der Waals surface area contributed by atoms with Crippen molar-refractivity contribution in [2.45, 2.75) is 53.4 Å². The van der Waals surface area contributed by atoms with Crippen LogP contribution < -0.4 is 0 Å². The molecule has 104 valence electrons. The maximum Gasteiger partial charge on any atom is 0.334 e. The molecule has 18 heavy (non-hydrogen) atoms. The third-order valence-corrected chi connectivity index (χ3v) is 2.41. The van der Waals surface area contributed by atoms with Gasteiger partial charge in [-0.25, -0.2) is 9.59 Å². The van der Waals surface area contributed by atoms with E-state index >= 15 is 0 Å². The average Bonchev–Trinajstić information content (AvgIpc) is 2.34. The van der Waals surface area contributed by atoms with Crippen molar-refractivity contribution in [1.29, 1.82) is 0 Å². The summed E-state index contributed by atoms with van der Waals surface area (Å²) in [4.78, 5) is 23.7. The van der Waals surface area contributed by atoms with Crippen molar-refractivity contribution in [3.05, 3.63) is 11.1 Å². The van der Waals surface area contributed by atoms with E-state index in [4.69, 9.17) is 9.47 Å². The molecule has 0 unspecified atom stereocenters. The number of ether oxygens (including phenoxy) is 2. The second-order valence-electron chi connectivity index (χ2n) is 3.90. The van der Waals surface area contributed by atoms with E-state index in [1.807, 2.05) is 13.8 Å². The summed E-state index contributed by atoms with van der Waals surface area (Å²) >= 11 is 0. The monoisotopic (exact) mass is 256 g/mol. The van der Waals surface area contributed by atoms with Crippen molar-refractivity contribution in [2.75, 3.05) is 13.2 Å². The second kappa shape index (κ2) is 9.68. The molecule has 0 saturated carbocycles. The zero-order valence-electron chi connectivity index (χ0n) is 11.9. The lowest BCUT2D eigenvalue weighted by molar-refractivity contribution is -0.142. The molecule has 0 saturated heterocycles. The molecule has 0 aliphatic carbocycles. The lowest BCUT2D eigenvalue weighted by Gasteiger charge is -2.12. The van der Waals surface area contributed by atoms with Crippen molar-refractivity contribution in [3.63, 3.8) is 0 Å². The summed E-state index contributed by atoms with van der Waals surface area (Å²) in [6, 6.07) is 0. The Bertz CT molecular complexity index is 275. The molecule has 0 radical (unpaired) electrons. The highest BCUT2D eigenvalue weighted by Crippen LogP contribution is 2.19. The Morgan fingerprint density at radius 3 is 1.28 bits per heavy atom. The van der Waals surface area contributed by atoms with E-state index in [0.29, 0.717) is 37.2 Å². The summed E-state index contributed by atoms with van der Waals surface area (Å²) in [5.41, 5.74) is 0.944. The zero-order chi connectivity index (χ0) is 14.0. The van der Waals surface area contributed by atoms with Crippen LogP contribution in [0, 0.1) is 0 Å². The van der Waals surface area contributed by atoms with Gasteiger partial charge >= 0.3 is 11.9 Å². The molecule has 0 aromatic heterocycles. The quantitative estimate of drug-likeness (QED) is 0.495. The number of carbonyl (C=O) groups excluding carboxylic acids is 2. The maximum atomic E-state index is 11.9. The highest BCUT2D eigenvalue weighted by molar-refractivity contribution is 6.00. The van der Waals surface area contributed by atoms with Crippen molar-refractivity contribution >= 4 is 11.9 Å². The molecule has 0 aliphatic heterocycles. The van der Waals surface area contributed by atoms with E-state index in [0.717, 1.165) is 12.8 Å². The van der Waals surface area contributed by atoms with Crippen LogP contribution in [0.4, 0.5) is 0 Å². The molecule has 0 aromatic carbocycles. The molecule has 0 heterocycles. The Kier molecular flexibility index (Phi) is 8.97. The predicted octanol–water partition coefficient (Wildman–Crippen LogP) is 3.01. The molecular formula is C14H24O4. The Balaban J connectivity index is 5.25. The first-order valence-corrected chi connectivity index (χ1v) is 6.68. The van der Waals surface area contributed by atoms with Crippen LogP contribution in [-0.2, 0) is 19.1 Å². The van der Waals surface area contributed by atoms with E-state index in [2.05, 4.69) is 0 Å². The highest BCUT2D eigenvalue weighted by atomic mass is 16.5. The number of hydrogen-bond donors (Lipinski definition) is 0. The van der Waals surface area contributed by atoms with Gasteiger partial charge in [-0.1, -0.05) is 26.7 Å². The van der Waals surface area contributed by atoms with Crippen LogP contribution in [0.25, 0.3) is 0 Å². The Hall–Kier alpha value is -1.32. The van der Waals surface area contributed by atoms with E-state index in [-0.39, 0.29) is 0 Å². The largest absolute Gasteiger partial charge is 0.463 e. The average molecular weight is 256 g/mol. The molecule has 0 spiro atoms. The molecule has 0 N–H and O–H groups in total. The van der Waals surface area contributed by atoms with Gasteiger partial charge in [0.25, 0.3) is 0 Å². The fourth-order valence-corrected chi connectivity index (χ4v) is 1.69. The second-order valence-corrected chi connectivity index (χ2v) is 3.90. The van der Waals surface area contributed by atoms with Crippen LogP contribution in [0.2, 0.25) is 0 Å². The lowest BCUT2D eigenvalue weighted by Crippen LogP contribution is -2.17. The van der Waals surface area contributed by atoms with Gasteiger partial charge in [-0.2, -0.15) is 0 Å². The lowest BCUT2D eigenvalue weighted by atomic mass is 10.00. The van der Waals surface area contributed by atoms with Gasteiger partial charge in [0.05, 0.1) is 13.2 Å². The third-order valence-electron chi connectivity index (χ3n) is 2.41. The van der Waals surface area contributed by atoms with E-state index in [9.17, 15) is 9.59 Å². The molecule has 0 atom stereocenters. The zero-order valence-corrected chi connectivity index (χ0v) is 11.9. The van der Waals surface area contributed by atoms with Crippen molar-refractivity contribution in [2.24, 2.45) is 0 Å². The van der Waals surface area contributed by atoms with Crippen LogP contribution in [0.15, 0.2) is 11.1 Å². The van der Waals surface area contributed by atoms with Crippen molar-refractivity contribution in [3.8, 4) is 0 Å². The topological polar surface area (TPSA) is 52.6 Å². The molecule has 0 fully saturated rings. The number of carbonyl (C=O) groups is 2. The van der Waals surface area contributed by atoms with Crippen LogP contribution >= 0.6 is 0 Å². The van der Waals surface area contributed by atoms with Gasteiger partial charge in [0.2, 0.25) is 0 Å². The summed E-state index contributed by atoms with van der Waals surface area (Å²) in [5.74, 6) is -0.785. The minimum absolute atomic E-state index is 0.314. The van der Waals surface area contributed by atoms with Gasteiger partial charge in [-0.3, -0.25) is 0 Å². The minimum Gasteiger partial charge on any atom is -0.463 e. The Labute approximate surface area is 109 Å². The van der Waals surface area contributed by atoms with Gasteiger partial charge < -0.3 is 9.47 Å². The summed E-state index contributed by atoms with van der Waals surface area (Å²) in [7, 11) is 0. The molecule has 0 aliphatic rings. The Morgan fingerprint density at radius 2 is 1.06 bits per heavy atom. The fourth-order valence-electron chi connectivity index (χ4n) is 1.69. The summed E-state index contributed by atoms with van der Waals surface area (Å²) < 4.78 is 10.0. The first kappa shape index (κ1) is 16.7.